The van der Waals surface area contributed by atoms with Crippen LogP contribution < -0.4 is 10.5 Å². The average molecular weight is 287 g/mol. The van der Waals surface area contributed by atoms with Gasteiger partial charge in [-0.05, 0) is 24.3 Å². The molecule has 8 nitrogen and oxygen atoms in total. The van der Waals surface area contributed by atoms with E-state index in [0.717, 1.165) is 0 Å². The first-order valence-electron chi connectivity index (χ1n) is 5.16. The average Bonchev–Trinajstić information content (AvgIpc) is 2.37. The summed E-state index contributed by atoms with van der Waals surface area (Å²) in [5.74, 6) is -1.23. The summed E-state index contributed by atoms with van der Waals surface area (Å²) in [6, 6.07) is 5.30. The summed E-state index contributed by atoms with van der Waals surface area (Å²) < 4.78 is 25.6. The van der Waals surface area contributed by atoms with Crippen LogP contribution in [0.3, 0.4) is 0 Å². The van der Waals surface area contributed by atoms with E-state index in [9.17, 15) is 13.2 Å². The van der Waals surface area contributed by atoms with Gasteiger partial charge in [-0.1, -0.05) is 5.16 Å². The Balaban J connectivity index is 2.82. The Labute approximate surface area is 109 Å². The number of sulfonamides is 1. The Morgan fingerprint density at radius 3 is 2.37 bits per heavy atom. The van der Waals surface area contributed by atoms with Crippen molar-refractivity contribution in [3.63, 3.8) is 0 Å². The van der Waals surface area contributed by atoms with E-state index in [1.54, 1.807) is 0 Å². The Kier molecular flexibility index (Phi) is 4.84. The molecule has 0 aliphatic rings. The summed E-state index contributed by atoms with van der Waals surface area (Å²) in [5.41, 5.74) is 5.70. The molecule has 0 saturated heterocycles. The molecular weight excluding hydrogens is 274 g/mol. The van der Waals surface area contributed by atoms with E-state index in [-0.39, 0.29) is 23.7 Å². The molecule has 0 saturated carbocycles. The number of benzene rings is 1. The van der Waals surface area contributed by atoms with Crippen LogP contribution in [0.2, 0.25) is 0 Å². The lowest BCUT2D eigenvalue weighted by molar-refractivity contribution is -0.136. The summed E-state index contributed by atoms with van der Waals surface area (Å²) >= 11 is 0. The summed E-state index contributed by atoms with van der Waals surface area (Å²) in [5, 5.41) is 19.7. The molecule has 0 aliphatic carbocycles. The van der Waals surface area contributed by atoms with Crippen molar-refractivity contribution >= 4 is 21.8 Å². The minimum Gasteiger partial charge on any atom is -0.481 e. The number of nitrogens with two attached hydrogens (primary N) is 1. The van der Waals surface area contributed by atoms with Crippen molar-refractivity contribution in [3.8, 4) is 0 Å². The third-order valence-electron chi connectivity index (χ3n) is 2.20. The number of carbonyl (C=O) groups is 1. The number of aliphatic carboxylic acids is 1. The van der Waals surface area contributed by atoms with Crippen molar-refractivity contribution in [2.75, 3.05) is 6.54 Å². The van der Waals surface area contributed by atoms with Gasteiger partial charge >= 0.3 is 5.97 Å². The zero-order valence-electron chi connectivity index (χ0n) is 9.78. The second kappa shape index (κ2) is 6.16. The summed E-state index contributed by atoms with van der Waals surface area (Å²) in [6.45, 7) is -0.195. The predicted molar refractivity (Wildman–Crippen MR) is 66.4 cm³/mol. The highest BCUT2D eigenvalue weighted by Crippen LogP contribution is 2.10. The van der Waals surface area contributed by atoms with E-state index in [1.807, 2.05) is 0 Å². The fourth-order valence-corrected chi connectivity index (χ4v) is 2.27. The molecule has 1 rings (SSSR count). The summed E-state index contributed by atoms with van der Waals surface area (Å²) in [4.78, 5) is 10.3. The van der Waals surface area contributed by atoms with Gasteiger partial charge in [-0.3, -0.25) is 4.79 Å². The lowest BCUT2D eigenvalue weighted by Crippen LogP contribution is -2.26. The van der Waals surface area contributed by atoms with Gasteiger partial charge in [-0.15, -0.1) is 0 Å². The van der Waals surface area contributed by atoms with Crippen molar-refractivity contribution in [3.05, 3.63) is 29.8 Å². The van der Waals surface area contributed by atoms with Gasteiger partial charge in [0.25, 0.3) is 0 Å². The smallest absolute Gasteiger partial charge is 0.304 e. The highest BCUT2D eigenvalue weighted by Gasteiger charge is 2.14. The van der Waals surface area contributed by atoms with Gasteiger partial charge < -0.3 is 16.0 Å². The largest absolute Gasteiger partial charge is 0.481 e. The topological polar surface area (TPSA) is 142 Å². The van der Waals surface area contributed by atoms with E-state index in [2.05, 4.69) is 9.88 Å². The molecule has 9 heteroatoms. The van der Waals surface area contributed by atoms with Crippen LogP contribution >= 0.6 is 0 Å². The molecule has 0 spiro atoms. The molecule has 104 valence electrons. The van der Waals surface area contributed by atoms with Crippen molar-refractivity contribution < 1.29 is 23.5 Å². The number of carboxylic acid groups (broad SMARTS) is 1. The molecule has 19 heavy (non-hydrogen) atoms. The third kappa shape index (κ3) is 4.23. The van der Waals surface area contributed by atoms with Gasteiger partial charge in [0.05, 0.1) is 11.3 Å². The summed E-state index contributed by atoms with van der Waals surface area (Å²) in [7, 11) is -3.76. The van der Waals surface area contributed by atoms with Crippen LogP contribution in [-0.4, -0.2) is 37.1 Å². The monoisotopic (exact) mass is 287 g/mol. The van der Waals surface area contributed by atoms with Crippen molar-refractivity contribution in [2.24, 2.45) is 10.9 Å². The number of amidine groups is 1. The number of hydrogen-bond donors (Lipinski definition) is 4. The molecule has 0 amide bonds. The number of hydrogen-bond acceptors (Lipinski definition) is 5. The lowest BCUT2D eigenvalue weighted by Gasteiger charge is -2.06. The maximum atomic E-state index is 11.7. The number of nitrogens with zero attached hydrogens (tertiary/aromatic N) is 1. The highest BCUT2D eigenvalue weighted by atomic mass is 32.2. The van der Waals surface area contributed by atoms with E-state index < -0.39 is 16.0 Å². The standard InChI is InChI=1S/C10H13N3O5S/c11-10(13-16)7-1-3-8(4-2-7)19(17,18)12-6-5-9(14)15/h1-4,12,16H,5-6H2,(H2,11,13)(H,14,15). The van der Waals surface area contributed by atoms with E-state index >= 15 is 0 Å². The molecule has 0 fully saturated rings. The van der Waals surface area contributed by atoms with E-state index in [4.69, 9.17) is 16.0 Å². The van der Waals surface area contributed by atoms with E-state index in [0.29, 0.717) is 5.56 Å². The Morgan fingerprint density at radius 1 is 1.32 bits per heavy atom. The predicted octanol–water partition coefficient (Wildman–Crippen LogP) is -0.466. The first-order valence-corrected chi connectivity index (χ1v) is 6.64. The zero-order chi connectivity index (χ0) is 14.5. The third-order valence-corrected chi connectivity index (χ3v) is 3.68. The van der Waals surface area contributed by atoms with Crippen LogP contribution in [0.1, 0.15) is 12.0 Å². The molecule has 0 aromatic heterocycles. The van der Waals surface area contributed by atoms with Crippen molar-refractivity contribution in [1.82, 2.24) is 4.72 Å². The maximum absolute atomic E-state index is 11.7. The maximum Gasteiger partial charge on any atom is 0.304 e. The van der Waals surface area contributed by atoms with Crippen LogP contribution in [0.4, 0.5) is 0 Å². The Bertz CT molecular complexity index is 580. The zero-order valence-corrected chi connectivity index (χ0v) is 10.6. The summed E-state index contributed by atoms with van der Waals surface area (Å²) in [6.07, 6.45) is -0.304. The highest BCUT2D eigenvalue weighted by molar-refractivity contribution is 7.89. The number of carboxylic acids is 1. The van der Waals surface area contributed by atoms with Gasteiger partial charge in [0.1, 0.15) is 0 Å². The van der Waals surface area contributed by atoms with Crippen LogP contribution in [-0.2, 0) is 14.8 Å². The Morgan fingerprint density at radius 2 is 1.89 bits per heavy atom. The fraction of sp³-hybridized carbons (Fsp3) is 0.200. The minimum atomic E-state index is -3.76. The normalized spacial score (nSPS) is 12.3. The van der Waals surface area contributed by atoms with Gasteiger partial charge in [-0.2, -0.15) is 0 Å². The van der Waals surface area contributed by atoms with Gasteiger partial charge in [0.15, 0.2) is 5.84 Å². The molecule has 0 radical (unpaired) electrons. The molecule has 0 bridgehead atoms. The molecule has 0 atom stereocenters. The van der Waals surface area contributed by atoms with Crippen molar-refractivity contribution in [2.45, 2.75) is 11.3 Å². The first kappa shape index (κ1) is 14.9. The molecular formula is C10H13N3O5S. The van der Waals surface area contributed by atoms with Gasteiger partial charge in [-0.25, -0.2) is 13.1 Å². The quantitative estimate of drug-likeness (QED) is 0.241. The second-order valence-electron chi connectivity index (χ2n) is 3.55. The van der Waals surface area contributed by atoms with Crippen LogP contribution in [0.15, 0.2) is 34.3 Å². The Hall–Kier alpha value is -2.13. The molecule has 0 heterocycles. The molecule has 1 aromatic carbocycles. The van der Waals surface area contributed by atoms with Crippen LogP contribution in [0.5, 0.6) is 0 Å². The number of rotatable bonds is 6. The molecule has 5 N–H and O–H groups in total. The number of oxime groups is 1. The molecule has 0 unspecified atom stereocenters. The second-order valence-corrected chi connectivity index (χ2v) is 5.32. The van der Waals surface area contributed by atoms with Crippen molar-refractivity contribution in [1.29, 1.82) is 0 Å². The fourth-order valence-electron chi connectivity index (χ4n) is 1.24. The lowest BCUT2D eigenvalue weighted by atomic mass is 10.2. The van der Waals surface area contributed by atoms with E-state index in [1.165, 1.54) is 24.3 Å². The molecule has 1 aromatic rings. The van der Waals surface area contributed by atoms with Gasteiger partial charge in [0, 0.05) is 12.1 Å². The number of nitrogens with one attached hydrogen (secondary N) is 1. The minimum absolute atomic E-state index is 0.0348. The van der Waals surface area contributed by atoms with Crippen LogP contribution in [0, 0.1) is 0 Å². The molecule has 0 aliphatic heterocycles. The van der Waals surface area contributed by atoms with Gasteiger partial charge in [0.2, 0.25) is 10.0 Å². The van der Waals surface area contributed by atoms with Crippen LogP contribution in [0.25, 0.3) is 0 Å². The SMILES string of the molecule is N/C(=N/O)c1ccc(S(=O)(=O)NCCC(=O)O)cc1. The first-order chi connectivity index (χ1) is 8.86.